The lowest BCUT2D eigenvalue weighted by atomic mass is 9.86. The van der Waals surface area contributed by atoms with Crippen molar-refractivity contribution >= 4 is 40.6 Å². The van der Waals surface area contributed by atoms with Crippen molar-refractivity contribution in [2.24, 2.45) is 5.92 Å². The Morgan fingerprint density at radius 2 is 1.65 bits per heavy atom. The van der Waals surface area contributed by atoms with Crippen molar-refractivity contribution in [1.29, 1.82) is 0 Å². The van der Waals surface area contributed by atoms with Crippen molar-refractivity contribution in [3.8, 4) is 0 Å². The second-order valence-electron chi connectivity index (χ2n) is 14.7. The molecule has 12 nitrogen and oxygen atoms in total. The molecule has 3 amide bonds. The third-order valence-electron chi connectivity index (χ3n) is 9.60. The molecule has 296 valence electrons. The summed E-state index contributed by atoms with van der Waals surface area (Å²) in [5.41, 5.74) is 3.52. The van der Waals surface area contributed by atoms with E-state index in [9.17, 15) is 19.5 Å². The lowest BCUT2D eigenvalue weighted by Crippen LogP contribution is -2.49. The number of Topliss-reactive ketones (excluding diaryl/α,β-unsaturated/α-hetero) is 1. The van der Waals surface area contributed by atoms with Gasteiger partial charge in [0.1, 0.15) is 17.2 Å². The molecular weight excluding hydrogens is 737 g/mol. The van der Waals surface area contributed by atoms with Gasteiger partial charge in [-0.05, 0) is 63.0 Å². The molecule has 0 radical (unpaired) electrons. The van der Waals surface area contributed by atoms with Gasteiger partial charge in [0.05, 0.1) is 41.9 Å². The predicted molar refractivity (Wildman–Crippen MR) is 215 cm³/mol. The van der Waals surface area contributed by atoms with E-state index in [1.165, 1.54) is 27.6 Å². The number of morpholine rings is 1. The van der Waals surface area contributed by atoms with Gasteiger partial charge < -0.3 is 30.1 Å². The highest BCUT2D eigenvalue weighted by Crippen LogP contribution is 2.25. The Balaban J connectivity index is 1.28. The van der Waals surface area contributed by atoms with Crippen molar-refractivity contribution in [3.63, 3.8) is 0 Å². The number of amides is 3. The van der Waals surface area contributed by atoms with Gasteiger partial charge >= 0.3 is 12.1 Å². The maximum absolute atomic E-state index is 14.3. The van der Waals surface area contributed by atoms with E-state index in [0.717, 1.165) is 29.1 Å². The van der Waals surface area contributed by atoms with Crippen LogP contribution in [0.2, 0.25) is 0 Å². The number of aliphatic hydroxyl groups is 1. The van der Waals surface area contributed by atoms with Crippen LogP contribution in [0.4, 0.5) is 9.59 Å². The number of hydrogen-bond donors (Lipinski definition) is 3. The minimum absolute atomic E-state index is 0.0227. The zero-order valence-corrected chi connectivity index (χ0v) is 33.7. The highest BCUT2D eigenvalue weighted by Gasteiger charge is 2.28. The van der Waals surface area contributed by atoms with Crippen LogP contribution in [-0.4, -0.2) is 94.8 Å². The molecule has 3 N–H and O–H groups in total. The summed E-state index contributed by atoms with van der Waals surface area (Å²) in [6.45, 7) is 7.25. The van der Waals surface area contributed by atoms with E-state index in [4.69, 9.17) is 9.47 Å². The number of carbonyl (C=O) groups excluding carboxylic acids is 3. The number of hydrogen-bond acceptors (Lipinski definition) is 11. The van der Waals surface area contributed by atoms with Crippen LogP contribution in [0, 0.1) is 5.92 Å². The zero-order chi connectivity index (χ0) is 39.0. The van der Waals surface area contributed by atoms with Crippen molar-refractivity contribution in [3.05, 3.63) is 104 Å². The molecule has 4 aromatic rings. The minimum atomic E-state index is -1.07. The first-order valence-corrected chi connectivity index (χ1v) is 20.7. The Bertz CT molecular complexity index is 1750. The second-order valence-corrected chi connectivity index (χ2v) is 16.5. The summed E-state index contributed by atoms with van der Waals surface area (Å²) in [5.74, 6) is -0.0654. The van der Waals surface area contributed by atoms with Crippen LogP contribution in [0.3, 0.4) is 0 Å². The van der Waals surface area contributed by atoms with E-state index in [2.05, 4.69) is 37.6 Å². The minimum Gasteiger partial charge on any atom is -0.444 e. The van der Waals surface area contributed by atoms with Gasteiger partial charge in [0, 0.05) is 50.7 Å². The number of urea groups is 1. The molecule has 0 bridgehead atoms. The largest absolute Gasteiger partial charge is 0.444 e. The fourth-order valence-electron chi connectivity index (χ4n) is 6.55. The van der Waals surface area contributed by atoms with Crippen LogP contribution in [0.25, 0.3) is 0 Å². The first kappa shape index (κ1) is 41.9. The molecule has 0 unspecified atom stereocenters. The Labute approximate surface area is 332 Å². The normalized spacial score (nSPS) is 15.1. The molecule has 5 rings (SSSR count). The monoisotopic (exact) mass is 790 g/mol. The SMILES string of the molecule is CN(Cc1csc(C(C)(C)O)n1)C(=O)N[C@@H](CCN1CCOCC1)C(=O)C[C@H](CC[C@H](Cc1ccccc1)NC(=O)OCc1cncs1)Cc1ccccc1. The summed E-state index contributed by atoms with van der Waals surface area (Å²) in [5, 5.41) is 18.9. The highest BCUT2D eigenvalue weighted by molar-refractivity contribution is 7.10. The Kier molecular flexibility index (Phi) is 16.2. The summed E-state index contributed by atoms with van der Waals surface area (Å²) in [4.78, 5) is 54.2. The first-order chi connectivity index (χ1) is 26.5. The maximum atomic E-state index is 14.3. The van der Waals surface area contributed by atoms with Gasteiger partial charge in [-0.15, -0.1) is 22.7 Å². The zero-order valence-electron chi connectivity index (χ0n) is 32.0. The number of carbonyl (C=O) groups is 3. The number of ketones is 1. The van der Waals surface area contributed by atoms with Crippen LogP contribution in [0.1, 0.15) is 66.2 Å². The molecule has 0 spiro atoms. The number of thiazole rings is 2. The predicted octanol–water partition coefficient (Wildman–Crippen LogP) is 6.20. The molecule has 1 aliphatic heterocycles. The number of rotatable bonds is 20. The lowest BCUT2D eigenvalue weighted by molar-refractivity contribution is -0.122. The molecule has 0 saturated carbocycles. The van der Waals surface area contributed by atoms with Crippen molar-refractivity contribution in [2.75, 3.05) is 39.9 Å². The third kappa shape index (κ3) is 14.4. The Hall–Kier alpha value is -4.21. The van der Waals surface area contributed by atoms with E-state index >= 15 is 0 Å². The van der Waals surface area contributed by atoms with Crippen molar-refractivity contribution in [2.45, 2.75) is 83.2 Å². The van der Waals surface area contributed by atoms with Crippen LogP contribution >= 0.6 is 22.7 Å². The fraction of sp³-hybridized carbons (Fsp3) is 0.488. The summed E-state index contributed by atoms with van der Waals surface area (Å²) >= 11 is 2.78. The van der Waals surface area contributed by atoms with Crippen molar-refractivity contribution in [1.82, 2.24) is 30.4 Å². The summed E-state index contributed by atoms with van der Waals surface area (Å²) in [6, 6.07) is 18.9. The van der Waals surface area contributed by atoms with Crippen LogP contribution < -0.4 is 10.6 Å². The van der Waals surface area contributed by atoms with Crippen LogP contribution in [0.15, 0.2) is 77.8 Å². The number of alkyl carbamates (subject to hydrolysis) is 1. The molecule has 1 fully saturated rings. The van der Waals surface area contributed by atoms with E-state index in [1.54, 1.807) is 32.6 Å². The molecule has 2 aromatic carbocycles. The molecule has 14 heteroatoms. The quantitative estimate of drug-likeness (QED) is 0.0954. The van der Waals surface area contributed by atoms with E-state index in [0.29, 0.717) is 62.6 Å². The third-order valence-corrected chi connectivity index (χ3v) is 11.6. The highest BCUT2D eigenvalue weighted by atomic mass is 32.1. The number of ether oxygens (including phenoxy) is 2. The average molecular weight is 791 g/mol. The number of nitrogens with zero attached hydrogens (tertiary/aromatic N) is 4. The number of nitrogens with one attached hydrogen (secondary N) is 2. The second kappa shape index (κ2) is 21.2. The lowest BCUT2D eigenvalue weighted by Gasteiger charge is -2.29. The van der Waals surface area contributed by atoms with Gasteiger partial charge in [-0.2, -0.15) is 0 Å². The molecule has 3 atom stereocenters. The van der Waals surface area contributed by atoms with Gasteiger partial charge in [0.15, 0.2) is 5.78 Å². The molecule has 1 saturated heterocycles. The standard InChI is InChI=1S/C41H54N6O6S2/c1-41(2,51)38-43-34(28-54-38)26-46(3)39(49)45-36(16-17-47-18-20-52-21-19-47)37(48)24-32(22-30-10-6-4-7-11-30)14-15-33(23-31-12-8-5-9-13-31)44-40(50)53-27-35-25-42-29-55-35/h4-13,25,28-29,32-33,36,51H,14-24,26-27H2,1-3H3,(H,44,50)(H,45,49)/t32-,33-,36+/m1/s1. The van der Waals surface area contributed by atoms with Gasteiger partial charge in [0.2, 0.25) is 0 Å². The summed E-state index contributed by atoms with van der Waals surface area (Å²) in [6.07, 6.45) is 4.53. The van der Waals surface area contributed by atoms with E-state index in [-0.39, 0.29) is 43.3 Å². The van der Waals surface area contributed by atoms with Gasteiger partial charge in [-0.1, -0.05) is 60.7 Å². The molecule has 2 aromatic heterocycles. The number of benzene rings is 2. The molecule has 0 aliphatic carbocycles. The molecule has 3 heterocycles. The van der Waals surface area contributed by atoms with Crippen LogP contribution in [-0.2, 0) is 45.9 Å². The summed E-state index contributed by atoms with van der Waals surface area (Å²) < 4.78 is 11.1. The molecule has 1 aliphatic rings. The van der Waals surface area contributed by atoms with Crippen LogP contribution in [0.5, 0.6) is 0 Å². The van der Waals surface area contributed by atoms with Gasteiger partial charge in [-0.25, -0.2) is 14.6 Å². The smallest absolute Gasteiger partial charge is 0.407 e. The molecule has 55 heavy (non-hydrogen) atoms. The Morgan fingerprint density at radius 3 is 2.29 bits per heavy atom. The Morgan fingerprint density at radius 1 is 0.964 bits per heavy atom. The van der Waals surface area contributed by atoms with Crippen molar-refractivity contribution < 1.29 is 29.0 Å². The van der Waals surface area contributed by atoms with E-state index < -0.39 is 17.7 Å². The topological polar surface area (TPSA) is 146 Å². The maximum Gasteiger partial charge on any atom is 0.407 e. The number of aromatic nitrogens is 2. The van der Waals surface area contributed by atoms with Gasteiger partial charge in [-0.3, -0.25) is 14.7 Å². The van der Waals surface area contributed by atoms with E-state index in [1.807, 2.05) is 53.9 Å². The fourth-order valence-corrected chi connectivity index (χ4v) is 7.89. The summed E-state index contributed by atoms with van der Waals surface area (Å²) in [7, 11) is 1.68. The first-order valence-electron chi connectivity index (χ1n) is 18.9. The van der Waals surface area contributed by atoms with Gasteiger partial charge in [0.25, 0.3) is 0 Å². The average Bonchev–Trinajstić information content (AvgIpc) is 3.89. The molecular formula is C41H54N6O6S2.